The second kappa shape index (κ2) is 7.46. The summed E-state index contributed by atoms with van der Waals surface area (Å²) >= 11 is 1.82. The molecule has 1 aliphatic heterocycles. The van der Waals surface area contributed by atoms with Gasteiger partial charge in [-0.3, -0.25) is 4.79 Å². The summed E-state index contributed by atoms with van der Waals surface area (Å²) in [5.41, 5.74) is 5.35. The van der Waals surface area contributed by atoms with Crippen molar-refractivity contribution in [2.75, 3.05) is 6.54 Å². The van der Waals surface area contributed by atoms with Gasteiger partial charge >= 0.3 is 6.03 Å². The van der Waals surface area contributed by atoms with Crippen LogP contribution in [0.4, 0.5) is 4.79 Å². The second-order valence-electron chi connectivity index (χ2n) is 6.61. The number of nitrogens with two attached hydrogens (primary N) is 1. The quantitative estimate of drug-likeness (QED) is 0.859. The zero-order valence-electron chi connectivity index (χ0n) is 14.0. The van der Waals surface area contributed by atoms with E-state index in [1.165, 1.54) is 4.90 Å². The average Bonchev–Trinajstić information content (AvgIpc) is 3.19. The number of aromatic nitrogens is 2. The van der Waals surface area contributed by atoms with Crippen LogP contribution >= 0.6 is 11.8 Å². The standard InChI is InChI=1S/C16H25N5O2S/c1-20-10-8-18-16(20)24-12-6-4-11(5-7-12)19-14(22)13-3-2-9-21(13)15(17)23/h8,10-13H,2-7,9H2,1H3,(H2,17,23)(H,19,22)/t11?,12?,13-/m0/s1. The summed E-state index contributed by atoms with van der Waals surface area (Å²) in [6.07, 6.45) is 9.39. The van der Waals surface area contributed by atoms with E-state index in [4.69, 9.17) is 5.73 Å². The van der Waals surface area contributed by atoms with Gasteiger partial charge in [0.05, 0.1) is 0 Å². The molecule has 2 aliphatic rings. The molecule has 0 unspecified atom stereocenters. The number of carbonyl (C=O) groups is 2. The van der Waals surface area contributed by atoms with Crippen molar-refractivity contribution >= 4 is 23.7 Å². The van der Waals surface area contributed by atoms with Gasteiger partial charge in [0.15, 0.2) is 5.16 Å². The molecule has 0 radical (unpaired) electrons. The highest BCUT2D eigenvalue weighted by atomic mass is 32.2. The van der Waals surface area contributed by atoms with Gasteiger partial charge in [-0.2, -0.15) is 0 Å². The van der Waals surface area contributed by atoms with E-state index in [0.29, 0.717) is 18.2 Å². The van der Waals surface area contributed by atoms with Crippen LogP contribution in [0.5, 0.6) is 0 Å². The first-order chi connectivity index (χ1) is 11.5. The highest BCUT2D eigenvalue weighted by Gasteiger charge is 2.34. The minimum Gasteiger partial charge on any atom is -0.352 e. The van der Waals surface area contributed by atoms with Gasteiger partial charge in [0, 0.05) is 37.3 Å². The molecule has 8 heteroatoms. The highest BCUT2D eigenvalue weighted by Crippen LogP contribution is 2.32. The molecule has 24 heavy (non-hydrogen) atoms. The Labute approximate surface area is 146 Å². The minimum absolute atomic E-state index is 0.0495. The highest BCUT2D eigenvalue weighted by molar-refractivity contribution is 7.99. The zero-order chi connectivity index (χ0) is 17.1. The van der Waals surface area contributed by atoms with Crippen LogP contribution in [0.25, 0.3) is 0 Å². The van der Waals surface area contributed by atoms with E-state index < -0.39 is 6.03 Å². The van der Waals surface area contributed by atoms with Crippen LogP contribution in [0.1, 0.15) is 38.5 Å². The number of likely N-dealkylation sites (tertiary alicyclic amines) is 1. The van der Waals surface area contributed by atoms with Crippen LogP contribution in [-0.4, -0.2) is 50.3 Å². The number of thioether (sulfide) groups is 1. The summed E-state index contributed by atoms with van der Waals surface area (Å²) in [5, 5.41) is 4.71. The molecular formula is C16H25N5O2S. The molecule has 3 rings (SSSR count). The van der Waals surface area contributed by atoms with E-state index in [9.17, 15) is 9.59 Å². The van der Waals surface area contributed by atoms with E-state index in [1.54, 1.807) is 0 Å². The maximum Gasteiger partial charge on any atom is 0.315 e. The first kappa shape index (κ1) is 17.1. The van der Waals surface area contributed by atoms with Crippen LogP contribution in [0, 0.1) is 0 Å². The molecule has 0 aromatic carbocycles. The number of amides is 3. The predicted octanol–water partition coefficient (Wildman–Crippen LogP) is 1.48. The van der Waals surface area contributed by atoms with Crippen molar-refractivity contribution in [1.29, 1.82) is 0 Å². The van der Waals surface area contributed by atoms with Crippen LogP contribution in [-0.2, 0) is 11.8 Å². The molecule has 132 valence electrons. The third-order valence-corrected chi connectivity index (χ3v) is 6.32. The number of nitrogens with zero attached hydrogens (tertiary/aromatic N) is 3. The largest absolute Gasteiger partial charge is 0.352 e. The lowest BCUT2D eigenvalue weighted by Gasteiger charge is -2.30. The van der Waals surface area contributed by atoms with E-state index in [0.717, 1.165) is 37.3 Å². The van der Waals surface area contributed by atoms with Crippen molar-refractivity contribution in [2.45, 2.75) is 61.0 Å². The van der Waals surface area contributed by atoms with E-state index in [1.807, 2.05) is 35.8 Å². The Bertz CT molecular complexity index is 597. The predicted molar refractivity (Wildman–Crippen MR) is 92.6 cm³/mol. The Morgan fingerprint density at radius 2 is 2.04 bits per heavy atom. The molecule has 3 N–H and O–H groups in total. The lowest BCUT2D eigenvalue weighted by atomic mass is 9.94. The van der Waals surface area contributed by atoms with Gasteiger partial charge in [0.25, 0.3) is 0 Å². The molecule has 2 fully saturated rings. The number of rotatable bonds is 4. The minimum atomic E-state index is -0.497. The zero-order valence-corrected chi connectivity index (χ0v) is 14.8. The topological polar surface area (TPSA) is 93.2 Å². The first-order valence-corrected chi connectivity index (χ1v) is 9.43. The molecule has 1 saturated carbocycles. The van der Waals surface area contributed by atoms with Gasteiger partial charge in [-0.1, -0.05) is 11.8 Å². The van der Waals surface area contributed by atoms with Crippen molar-refractivity contribution < 1.29 is 9.59 Å². The second-order valence-corrected chi connectivity index (χ2v) is 7.88. The molecule has 3 amide bonds. The van der Waals surface area contributed by atoms with Crippen LogP contribution < -0.4 is 11.1 Å². The molecule has 1 aromatic heterocycles. The lowest BCUT2D eigenvalue weighted by Crippen LogP contribution is -2.50. The third-order valence-electron chi connectivity index (χ3n) is 4.91. The van der Waals surface area contributed by atoms with E-state index in [-0.39, 0.29) is 18.0 Å². The Morgan fingerprint density at radius 3 is 2.67 bits per heavy atom. The fraction of sp³-hybridized carbons (Fsp3) is 0.688. The van der Waals surface area contributed by atoms with Crippen molar-refractivity contribution in [2.24, 2.45) is 12.8 Å². The van der Waals surface area contributed by atoms with E-state index >= 15 is 0 Å². The van der Waals surface area contributed by atoms with Gasteiger partial charge in [0.2, 0.25) is 5.91 Å². The lowest BCUT2D eigenvalue weighted by molar-refractivity contribution is -0.125. The smallest absolute Gasteiger partial charge is 0.315 e. The number of carbonyl (C=O) groups excluding carboxylic acids is 2. The molecule has 1 aromatic rings. The molecule has 1 atom stereocenters. The molecule has 7 nitrogen and oxygen atoms in total. The van der Waals surface area contributed by atoms with Gasteiger partial charge in [0.1, 0.15) is 6.04 Å². The number of aryl methyl sites for hydroxylation is 1. The monoisotopic (exact) mass is 351 g/mol. The molecule has 2 heterocycles. The molecular weight excluding hydrogens is 326 g/mol. The van der Waals surface area contributed by atoms with Crippen molar-refractivity contribution in [1.82, 2.24) is 19.8 Å². The third kappa shape index (κ3) is 3.85. The van der Waals surface area contributed by atoms with Gasteiger partial charge in [-0.05, 0) is 38.5 Å². The molecule has 0 bridgehead atoms. The van der Waals surface area contributed by atoms with Crippen molar-refractivity contribution in [3.05, 3.63) is 12.4 Å². The number of imidazole rings is 1. The van der Waals surface area contributed by atoms with Crippen molar-refractivity contribution in [3.63, 3.8) is 0 Å². The number of nitrogens with one attached hydrogen (secondary N) is 1. The molecule has 1 aliphatic carbocycles. The fourth-order valence-electron chi connectivity index (χ4n) is 3.54. The van der Waals surface area contributed by atoms with Gasteiger partial charge in [-0.15, -0.1) is 0 Å². The number of hydrogen-bond donors (Lipinski definition) is 2. The number of hydrogen-bond acceptors (Lipinski definition) is 4. The number of primary amides is 1. The Morgan fingerprint density at radius 1 is 1.29 bits per heavy atom. The van der Waals surface area contributed by atoms with Gasteiger partial charge < -0.3 is 20.5 Å². The number of urea groups is 1. The maximum absolute atomic E-state index is 12.4. The Kier molecular flexibility index (Phi) is 5.33. The summed E-state index contributed by atoms with van der Waals surface area (Å²) in [5.74, 6) is -0.0495. The molecule has 1 saturated heterocycles. The fourth-order valence-corrected chi connectivity index (χ4v) is 4.69. The normalized spacial score (nSPS) is 27.2. The summed E-state index contributed by atoms with van der Waals surface area (Å²) < 4.78 is 2.04. The average molecular weight is 351 g/mol. The Balaban J connectivity index is 1.46. The van der Waals surface area contributed by atoms with Crippen LogP contribution in [0.15, 0.2) is 17.6 Å². The molecule has 0 spiro atoms. The summed E-state index contributed by atoms with van der Waals surface area (Å²) in [7, 11) is 2.01. The van der Waals surface area contributed by atoms with Crippen molar-refractivity contribution in [3.8, 4) is 0 Å². The van der Waals surface area contributed by atoms with Gasteiger partial charge in [-0.25, -0.2) is 9.78 Å². The van der Waals surface area contributed by atoms with Crippen LogP contribution in [0.3, 0.4) is 0 Å². The van der Waals surface area contributed by atoms with E-state index in [2.05, 4.69) is 10.3 Å². The summed E-state index contributed by atoms with van der Waals surface area (Å²) in [4.78, 5) is 29.7. The summed E-state index contributed by atoms with van der Waals surface area (Å²) in [6, 6.07) is -0.684. The first-order valence-electron chi connectivity index (χ1n) is 8.55. The van der Waals surface area contributed by atoms with Crippen LogP contribution in [0.2, 0.25) is 0 Å². The Hall–Kier alpha value is -1.70. The maximum atomic E-state index is 12.4. The SMILES string of the molecule is Cn1ccnc1SC1CCC(NC(=O)[C@@H]2CCCN2C(N)=O)CC1. The summed E-state index contributed by atoms with van der Waals surface area (Å²) in [6.45, 7) is 0.584.